The number of rotatable bonds is 2. The number of aryl methyl sites for hydroxylation is 2. The number of aromatic nitrogens is 4. The van der Waals surface area contributed by atoms with E-state index in [0.29, 0.717) is 17.5 Å². The minimum atomic E-state index is 0.429. The van der Waals surface area contributed by atoms with E-state index in [1.165, 1.54) is 0 Å². The Kier molecular flexibility index (Phi) is 2.79. The first kappa shape index (κ1) is 11.5. The molecule has 0 bridgehead atoms. The van der Waals surface area contributed by atoms with E-state index in [1.807, 2.05) is 38.1 Å². The first-order valence-corrected chi connectivity index (χ1v) is 5.93. The molecule has 2 heterocycles. The summed E-state index contributed by atoms with van der Waals surface area (Å²) in [4.78, 5) is 12.6. The predicted octanol–water partition coefficient (Wildman–Crippen LogP) is 2.81. The summed E-state index contributed by atoms with van der Waals surface area (Å²) in [6, 6.07) is 7.91. The zero-order valence-electron chi connectivity index (χ0n) is 10.7. The number of hydrogen-bond acceptors (Lipinski definition) is 5. The molecule has 0 N–H and O–H groups in total. The van der Waals surface area contributed by atoms with Crippen molar-refractivity contribution in [3.05, 3.63) is 48.0 Å². The van der Waals surface area contributed by atoms with Gasteiger partial charge in [0, 0.05) is 18.0 Å². The van der Waals surface area contributed by atoms with Crippen molar-refractivity contribution in [1.82, 2.24) is 20.1 Å². The number of benzene rings is 1. The second-order valence-electron chi connectivity index (χ2n) is 4.26. The molecule has 0 saturated heterocycles. The van der Waals surface area contributed by atoms with Gasteiger partial charge >= 0.3 is 0 Å². The van der Waals surface area contributed by atoms with Gasteiger partial charge in [-0.2, -0.15) is 4.98 Å². The highest BCUT2D eigenvalue weighted by Gasteiger charge is 2.12. The Bertz CT molecular complexity index is 703. The van der Waals surface area contributed by atoms with Crippen LogP contribution in [-0.4, -0.2) is 20.1 Å². The van der Waals surface area contributed by atoms with Crippen LogP contribution in [0, 0.1) is 13.8 Å². The Labute approximate surface area is 110 Å². The monoisotopic (exact) mass is 252 g/mol. The van der Waals surface area contributed by atoms with E-state index >= 15 is 0 Å². The molecular formula is C14H12N4O. The summed E-state index contributed by atoms with van der Waals surface area (Å²) in [6.07, 6.45) is 3.36. The van der Waals surface area contributed by atoms with Gasteiger partial charge in [0.15, 0.2) is 0 Å². The Morgan fingerprint density at radius 3 is 2.47 bits per heavy atom. The van der Waals surface area contributed by atoms with Crippen LogP contribution in [0.3, 0.4) is 0 Å². The molecule has 0 aliphatic carbocycles. The van der Waals surface area contributed by atoms with Gasteiger partial charge in [-0.15, -0.1) is 0 Å². The molecule has 0 saturated carbocycles. The molecule has 0 aliphatic heterocycles. The normalized spacial score (nSPS) is 10.6. The van der Waals surface area contributed by atoms with Crippen LogP contribution in [0.2, 0.25) is 0 Å². The molecule has 2 aromatic heterocycles. The summed E-state index contributed by atoms with van der Waals surface area (Å²) in [6.45, 7) is 3.84. The third-order valence-electron chi connectivity index (χ3n) is 2.84. The van der Waals surface area contributed by atoms with E-state index in [-0.39, 0.29) is 0 Å². The largest absolute Gasteiger partial charge is 0.333 e. The van der Waals surface area contributed by atoms with Gasteiger partial charge in [-0.05, 0) is 19.4 Å². The van der Waals surface area contributed by atoms with E-state index in [1.54, 1.807) is 12.4 Å². The van der Waals surface area contributed by atoms with E-state index in [2.05, 4.69) is 20.1 Å². The Balaban J connectivity index is 2.00. The van der Waals surface area contributed by atoms with Crippen molar-refractivity contribution in [2.75, 3.05) is 0 Å². The molecule has 19 heavy (non-hydrogen) atoms. The summed E-state index contributed by atoms with van der Waals surface area (Å²) in [7, 11) is 0. The molecule has 94 valence electrons. The summed E-state index contributed by atoms with van der Waals surface area (Å²) in [5.74, 6) is 1.72. The zero-order valence-corrected chi connectivity index (χ0v) is 10.7. The summed E-state index contributed by atoms with van der Waals surface area (Å²) in [5.41, 5.74) is 2.79. The molecule has 0 fully saturated rings. The fourth-order valence-corrected chi connectivity index (χ4v) is 1.78. The van der Waals surface area contributed by atoms with E-state index in [0.717, 1.165) is 16.7 Å². The lowest BCUT2D eigenvalue weighted by molar-refractivity contribution is 0.432. The molecule has 0 aliphatic rings. The third kappa shape index (κ3) is 2.22. The van der Waals surface area contributed by atoms with Gasteiger partial charge in [-0.3, -0.25) is 0 Å². The molecular weight excluding hydrogens is 240 g/mol. The zero-order chi connectivity index (χ0) is 13.2. The topological polar surface area (TPSA) is 64.7 Å². The average Bonchev–Trinajstić information content (AvgIpc) is 2.89. The lowest BCUT2D eigenvalue weighted by Crippen LogP contribution is -1.88. The minimum Gasteiger partial charge on any atom is -0.333 e. The van der Waals surface area contributed by atoms with Crippen molar-refractivity contribution in [3.8, 4) is 22.8 Å². The van der Waals surface area contributed by atoms with Gasteiger partial charge in [0.2, 0.25) is 5.82 Å². The highest BCUT2D eigenvalue weighted by atomic mass is 16.5. The van der Waals surface area contributed by atoms with Crippen LogP contribution in [-0.2, 0) is 0 Å². The Morgan fingerprint density at radius 2 is 1.74 bits per heavy atom. The maximum Gasteiger partial charge on any atom is 0.261 e. The first-order valence-electron chi connectivity index (χ1n) is 5.93. The maximum atomic E-state index is 5.26. The second-order valence-corrected chi connectivity index (χ2v) is 4.26. The molecule has 0 amide bonds. The molecule has 0 spiro atoms. The highest BCUT2D eigenvalue weighted by Crippen LogP contribution is 2.23. The minimum absolute atomic E-state index is 0.429. The molecule has 0 radical (unpaired) electrons. The maximum absolute atomic E-state index is 5.26. The van der Waals surface area contributed by atoms with Crippen molar-refractivity contribution in [2.45, 2.75) is 13.8 Å². The fraction of sp³-hybridized carbons (Fsp3) is 0.143. The van der Waals surface area contributed by atoms with E-state index in [9.17, 15) is 0 Å². The van der Waals surface area contributed by atoms with Gasteiger partial charge in [0.1, 0.15) is 5.82 Å². The second kappa shape index (κ2) is 4.61. The van der Waals surface area contributed by atoms with Crippen LogP contribution in [0.25, 0.3) is 22.8 Å². The standard InChI is InChI=1S/C14H12N4O/c1-9-5-3-4-6-12(9)13-17-14(19-18-13)11-7-15-10(2)16-8-11/h3-8H,1-2H3. The summed E-state index contributed by atoms with van der Waals surface area (Å²) < 4.78 is 5.26. The van der Waals surface area contributed by atoms with Gasteiger partial charge < -0.3 is 4.52 Å². The number of hydrogen-bond donors (Lipinski definition) is 0. The van der Waals surface area contributed by atoms with Crippen LogP contribution < -0.4 is 0 Å². The van der Waals surface area contributed by atoms with Crippen LogP contribution >= 0.6 is 0 Å². The highest BCUT2D eigenvalue weighted by molar-refractivity contribution is 5.61. The van der Waals surface area contributed by atoms with Crippen LogP contribution in [0.1, 0.15) is 11.4 Å². The van der Waals surface area contributed by atoms with Crippen LogP contribution in [0.4, 0.5) is 0 Å². The van der Waals surface area contributed by atoms with Crippen molar-refractivity contribution >= 4 is 0 Å². The smallest absolute Gasteiger partial charge is 0.261 e. The van der Waals surface area contributed by atoms with Crippen LogP contribution in [0.15, 0.2) is 41.2 Å². The molecule has 0 unspecified atom stereocenters. The van der Waals surface area contributed by atoms with E-state index in [4.69, 9.17) is 4.52 Å². The summed E-state index contributed by atoms with van der Waals surface area (Å²) in [5, 5.41) is 4.00. The predicted molar refractivity (Wildman–Crippen MR) is 70.2 cm³/mol. The Hall–Kier alpha value is -2.56. The lowest BCUT2D eigenvalue weighted by atomic mass is 10.1. The molecule has 1 aromatic carbocycles. The average molecular weight is 252 g/mol. The fourth-order valence-electron chi connectivity index (χ4n) is 1.78. The van der Waals surface area contributed by atoms with Crippen LogP contribution in [0.5, 0.6) is 0 Å². The van der Waals surface area contributed by atoms with Crippen molar-refractivity contribution in [1.29, 1.82) is 0 Å². The third-order valence-corrected chi connectivity index (χ3v) is 2.84. The SMILES string of the molecule is Cc1ncc(-c2nc(-c3ccccc3C)no2)cn1. The summed E-state index contributed by atoms with van der Waals surface area (Å²) >= 11 is 0. The number of nitrogens with zero attached hydrogens (tertiary/aromatic N) is 4. The molecule has 3 rings (SSSR count). The first-order chi connectivity index (χ1) is 9.24. The van der Waals surface area contributed by atoms with Gasteiger partial charge in [0.05, 0.1) is 5.56 Å². The van der Waals surface area contributed by atoms with Gasteiger partial charge in [0.25, 0.3) is 5.89 Å². The van der Waals surface area contributed by atoms with Gasteiger partial charge in [-0.1, -0.05) is 29.4 Å². The van der Waals surface area contributed by atoms with Gasteiger partial charge in [-0.25, -0.2) is 9.97 Å². The molecule has 3 aromatic rings. The lowest BCUT2D eigenvalue weighted by Gasteiger charge is -1.98. The van der Waals surface area contributed by atoms with Crippen molar-refractivity contribution < 1.29 is 4.52 Å². The van der Waals surface area contributed by atoms with Crippen molar-refractivity contribution in [3.63, 3.8) is 0 Å². The molecule has 0 atom stereocenters. The molecule has 5 nitrogen and oxygen atoms in total. The van der Waals surface area contributed by atoms with E-state index < -0.39 is 0 Å². The van der Waals surface area contributed by atoms with Crippen molar-refractivity contribution in [2.24, 2.45) is 0 Å². The molecule has 5 heteroatoms. The quantitative estimate of drug-likeness (QED) is 0.701. The Morgan fingerprint density at radius 1 is 1.00 bits per heavy atom.